The highest BCUT2D eigenvalue weighted by molar-refractivity contribution is 6.34. The van der Waals surface area contributed by atoms with E-state index in [1.807, 2.05) is 18.2 Å². The maximum Gasteiger partial charge on any atom is 0.255 e. The lowest BCUT2D eigenvalue weighted by molar-refractivity contribution is -0.115. The van der Waals surface area contributed by atoms with Gasteiger partial charge in [0.25, 0.3) is 5.91 Å². The summed E-state index contributed by atoms with van der Waals surface area (Å²) in [7, 11) is 1.49. The van der Waals surface area contributed by atoms with E-state index in [-0.39, 0.29) is 17.9 Å². The Bertz CT molecular complexity index is 873. The van der Waals surface area contributed by atoms with Crippen molar-refractivity contribution < 1.29 is 14.3 Å². The summed E-state index contributed by atoms with van der Waals surface area (Å²) in [5.41, 5.74) is 2.05. The largest absolute Gasteiger partial charge is 0.496 e. The number of anilines is 1. The Balaban J connectivity index is 1.64. The van der Waals surface area contributed by atoms with Gasteiger partial charge in [0.1, 0.15) is 5.75 Å². The summed E-state index contributed by atoms with van der Waals surface area (Å²) >= 11 is 6.28. The first kappa shape index (κ1) is 21.1. The smallest absolute Gasteiger partial charge is 0.255 e. The van der Waals surface area contributed by atoms with Crippen LogP contribution >= 0.6 is 11.6 Å². The van der Waals surface area contributed by atoms with E-state index in [0.29, 0.717) is 28.4 Å². The molecule has 7 heteroatoms. The topological polar surface area (TPSA) is 70.7 Å². The van der Waals surface area contributed by atoms with Crippen LogP contribution in [0.5, 0.6) is 5.75 Å². The number of nitrogens with zero attached hydrogens (tertiary/aromatic N) is 1. The van der Waals surface area contributed by atoms with Crippen LogP contribution in [0.25, 0.3) is 0 Å². The third kappa shape index (κ3) is 5.49. The van der Waals surface area contributed by atoms with Crippen molar-refractivity contribution in [3.05, 3.63) is 58.6 Å². The molecule has 0 bridgehead atoms. The molecule has 1 heterocycles. The highest BCUT2D eigenvalue weighted by Crippen LogP contribution is 2.31. The molecule has 1 aliphatic heterocycles. The third-order valence-corrected chi connectivity index (χ3v) is 5.30. The number of carbonyl (C=O) groups excluding carboxylic acids is 2. The van der Waals surface area contributed by atoms with Crippen LogP contribution in [0.15, 0.2) is 42.5 Å². The second kappa shape index (κ2) is 9.76. The van der Waals surface area contributed by atoms with Gasteiger partial charge in [-0.15, -0.1) is 0 Å². The first-order valence-electron chi connectivity index (χ1n) is 9.74. The number of nitrogens with one attached hydrogen (secondary N) is 2. The second-order valence-corrected chi connectivity index (χ2v) is 7.52. The number of amides is 2. The van der Waals surface area contributed by atoms with Crippen molar-refractivity contribution in [2.24, 2.45) is 0 Å². The lowest BCUT2D eigenvalue weighted by atomic mass is 10.1. The van der Waals surface area contributed by atoms with Crippen LogP contribution in [0.2, 0.25) is 5.02 Å². The number of likely N-dealkylation sites (tertiary alicyclic amines) is 1. The number of ether oxygens (including phenoxy) is 1. The van der Waals surface area contributed by atoms with E-state index in [4.69, 9.17) is 16.3 Å². The van der Waals surface area contributed by atoms with Crippen molar-refractivity contribution in [2.45, 2.75) is 32.4 Å². The van der Waals surface area contributed by atoms with E-state index in [2.05, 4.69) is 27.7 Å². The Morgan fingerprint density at radius 3 is 2.69 bits per heavy atom. The first-order chi connectivity index (χ1) is 14.0. The van der Waals surface area contributed by atoms with Gasteiger partial charge in [-0.3, -0.25) is 14.5 Å². The van der Waals surface area contributed by atoms with Gasteiger partial charge < -0.3 is 15.4 Å². The normalized spacial score (nSPS) is 16.4. The van der Waals surface area contributed by atoms with Gasteiger partial charge >= 0.3 is 0 Å². The number of methoxy groups -OCH3 is 1. The Hall–Kier alpha value is -2.57. The molecule has 2 amide bonds. The van der Waals surface area contributed by atoms with E-state index in [9.17, 15) is 9.59 Å². The summed E-state index contributed by atoms with van der Waals surface area (Å²) in [6.07, 6.45) is 1.22. The van der Waals surface area contributed by atoms with E-state index in [1.54, 1.807) is 13.0 Å². The molecule has 0 radical (unpaired) electrons. The van der Waals surface area contributed by atoms with Crippen molar-refractivity contribution in [2.75, 3.05) is 25.5 Å². The third-order valence-electron chi connectivity index (χ3n) is 4.99. The van der Waals surface area contributed by atoms with Gasteiger partial charge in [0, 0.05) is 38.2 Å². The molecule has 154 valence electrons. The number of carbonyl (C=O) groups is 2. The van der Waals surface area contributed by atoms with Crippen LogP contribution in [0, 0.1) is 0 Å². The van der Waals surface area contributed by atoms with Gasteiger partial charge in [-0.25, -0.2) is 0 Å². The van der Waals surface area contributed by atoms with Crippen LogP contribution in [0.3, 0.4) is 0 Å². The number of hydrogen-bond donors (Lipinski definition) is 2. The van der Waals surface area contributed by atoms with Crippen LogP contribution in [0.1, 0.15) is 35.7 Å². The minimum absolute atomic E-state index is 0.0640. The molecule has 0 spiro atoms. The highest BCUT2D eigenvalue weighted by Gasteiger charge is 2.26. The van der Waals surface area contributed by atoms with Crippen molar-refractivity contribution in [3.8, 4) is 5.75 Å². The number of hydrogen-bond acceptors (Lipinski definition) is 4. The second-order valence-electron chi connectivity index (χ2n) is 7.11. The molecule has 0 unspecified atom stereocenters. The van der Waals surface area contributed by atoms with E-state index in [0.717, 1.165) is 26.1 Å². The lowest BCUT2D eigenvalue weighted by Gasteiger charge is -2.18. The fourth-order valence-electron chi connectivity index (χ4n) is 3.43. The van der Waals surface area contributed by atoms with Gasteiger partial charge in [-0.1, -0.05) is 48.9 Å². The van der Waals surface area contributed by atoms with Gasteiger partial charge in [0.05, 0.1) is 23.4 Å². The van der Waals surface area contributed by atoms with Crippen molar-refractivity contribution >= 4 is 29.1 Å². The molecule has 2 aromatic carbocycles. The standard InChI is InChI=1S/C22H26ClN3O3/c1-3-21(27)25-19-12-20(29-2)17(11-18(19)23)22(28)24-16-9-10-26(14-16)13-15-7-5-4-6-8-15/h4-8,11-12,16H,3,9-10,13-14H2,1-2H3,(H,24,28)(H,25,27)/t16-/m0/s1. The number of halogens is 1. The quantitative estimate of drug-likeness (QED) is 0.723. The summed E-state index contributed by atoms with van der Waals surface area (Å²) in [4.78, 5) is 26.8. The zero-order chi connectivity index (χ0) is 20.8. The predicted molar refractivity (Wildman–Crippen MR) is 115 cm³/mol. The minimum atomic E-state index is -0.233. The van der Waals surface area contributed by atoms with Crippen molar-refractivity contribution in [1.82, 2.24) is 10.2 Å². The molecule has 0 saturated carbocycles. The van der Waals surface area contributed by atoms with Crippen LogP contribution in [-0.2, 0) is 11.3 Å². The zero-order valence-corrected chi connectivity index (χ0v) is 17.5. The molecular formula is C22H26ClN3O3. The maximum atomic E-state index is 12.8. The van der Waals surface area contributed by atoms with Crippen LogP contribution < -0.4 is 15.4 Å². The number of rotatable bonds is 7. The molecule has 0 aliphatic carbocycles. The molecule has 1 saturated heterocycles. The molecule has 0 aromatic heterocycles. The summed E-state index contributed by atoms with van der Waals surface area (Å²) in [6.45, 7) is 4.35. The summed E-state index contributed by atoms with van der Waals surface area (Å²) < 4.78 is 5.36. The van der Waals surface area contributed by atoms with Crippen LogP contribution in [-0.4, -0.2) is 43.0 Å². The van der Waals surface area contributed by atoms with Gasteiger partial charge in [0.2, 0.25) is 5.91 Å². The average molecular weight is 416 g/mol. The van der Waals surface area contributed by atoms with Crippen LogP contribution in [0.4, 0.5) is 5.69 Å². The number of benzene rings is 2. The SMILES string of the molecule is CCC(=O)Nc1cc(OC)c(C(=O)N[C@H]2CCN(Cc3ccccc3)C2)cc1Cl. The highest BCUT2D eigenvalue weighted by atomic mass is 35.5. The fourth-order valence-corrected chi connectivity index (χ4v) is 3.64. The van der Waals surface area contributed by atoms with Crippen molar-refractivity contribution in [3.63, 3.8) is 0 Å². The van der Waals surface area contributed by atoms with Gasteiger partial charge in [-0.05, 0) is 18.1 Å². The molecular weight excluding hydrogens is 390 g/mol. The predicted octanol–water partition coefficient (Wildman–Crippen LogP) is 3.70. The molecule has 1 atom stereocenters. The first-order valence-corrected chi connectivity index (χ1v) is 10.1. The van der Waals surface area contributed by atoms with E-state index < -0.39 is 0 Å². The van der Waals surface area contributed by atoms with Gasteiger partial charge in [-0.2, -0.15) is 0 Å². The Morgan fingerprint density at radius 1 is 1.24 bits per heavy atom. The van der Waals surface area contributed by atoms with Crippen molar-refractivity contribution in [1.29, 1.82) is 0 Å². The average Bonchev–Trinajstić information content (AvgIpc) is 3.16. The molecule has 6 nitrogen and oxygen atoms in total. The maximum absolute atomic E-state index is 12.8. The molecule has 1 aliphatic rings. The Kier molecular flexibility index (Phi) is 7.12. The zero-order valence-electron chi connectivity index (χ0n) is 16.7. The Morgan fingerprint density at radius 2 is 2.00 bits per heavy atom. The van der Waals surface area contributed by atoms with Gasteiger partial charge in [0.15, 0.2) is 0 Å². The van der Waals surface area contributed by atoms with E-state index in [1.165, 1.54) is 18.7 Å². The molecule has 3 rings (SSSR count). The summed E-state index contributed by atoms with van der Waals surface area (Å²) in [6, 6.07) is 13.5. The van der Waals surface area contributed by atoms with E-state index >= 15 is 0 Å². The minimum Gasteiger partial charge on any atom is -0.496 e. The monoisotopic (exact) mass is 415 g/mol. The summed E-state index contributed by atoms with van der Waals surface area (Å²) in [5.74, 6) is -0.0169. The fraction of sp³-hybridized carbons (Fsp3) is 0.364. The molecule has 2 N–H and O–H groups in total. The summed E-state index contributed by atoms with van der Waals surface area (Å²) in [5, 5.41) is 6.09. The molecule has 1 fully saturated rings. The molecule has 2 aromatic rings. The Labute approximate surface area is 176 Å². The molecule has 29 heavy (non-hydrogen) atoms. The lowest BCUT2D eigenvalue weighted by Crippen LogP contribution is -2.37.